The van der Waals surface area contributed by atoms with Gasteiger partial charge in [-0.3, -0.25) is 19.6 Å². The molecule has 2 saturated heterocycles. The zero-order chi connectivity index (χ0) is 30.2. The van der Waals surface area contributed by atoms with Crippen LogP contribution >= 0.6 is 18.3 Å². The fourth-order valence-corrected chi connectivity index (χ4v) is 6.59. The maximum absolute atomic E-state index is 15.8. The van der Waals surface area contributed by atoms with Crippen LogP contribution in [0.5, 0.6) is 0 Å². The first kappa shape index (κ1) is 30.1. The van der Waals surface area contributed by atoms with E-state index < -0.39 is 54.6 Å². The molecule has 0 bridgehead atoms. The third-order valence-corrected chi connectivity index (χ3v) is 8.64. The normalized spacial score (nSPS) is 29.6. The van der Waals surface area contributed by atoms with Crippen molar-refractivity contribution in [1.29, 1.82) is 0 Å². The molecule has 6 rings (SSSR count). The van der Waals surface area contributed by atoms with Gasteiger partial charge in [0.1, 0.15) is 23.9 Å². The summed E-state index contributed by atoms with van der Waals surface area (Å²) >= 11 is 0. The Labute approximate surface area is 245 Å². The van der Waals surface area contributed by atoms with Crippen molar-refractivity contribution >= 4 is 52.2 Å². The van der Waals surface area contributed by atoms with Gasteiger partial charge in [-0.15, -0.1) is 0 Å². The van der Waals surface area contributed by atoms with Crippen molar-refractivity contribution in [1.82, 2.24) is 34.1 Å². The van der Waals surface area contributed by atoms with E-state index in [0.29, 0.717) is 23.6 Å². The molecule has 10 atom stereocenters. The van der Waals surface area contributed by atoms with Crippen LogP contribution in [0.25, 0.3) is 22.2 Å². The largest absolute Gasteiger partial charge is 0.383 e. The van der Waals surface area contributed by atoms with Crippen LogP contribution in [0.1, 0.15) is 18.9 Å². The molecule has 2 unspecified atom stereocenters. The Morgan fingerprint density at radius 1 is 1.09 bits per heavy atom. The number of nitrogens with zero attached hydrogens (tertiary/aromatic N) is 6. The highest BCUT2D eigenvalue weighted by Crippen LogP contribution is 2.42. The van der Waals surface area contributed by atoms with Gasteiger partial charge in [0.15, 0.2) is 42.1 Å². The Morgan fingerprint density at radius 2 is 1.91 bits per heavy atom. The SMILES string of the molecule is Nc1nc2c(ncn2[C@@H]2O[C@H](COPCC[C@H]3[C@H](F)[C@H](n4ccc5c(N)ncnc54)O[C@@H]3COP)[C@H](F)[C@H]2OO)c(=O)[nH]1. The summed E-state index contributed by atoms with van der Waals surface area (Å²) in [6.45, 7) is -0.0124. The Kier molecular flexibility index (Phi) is 8.80. The zero-order valence-electron chi connectivity index (χ0n) is 22.3. The molecule has 2 fully saturated rings. The summed E-state index contributed by atoms with van der Waals surface area (Å²) in [5.74, 6) is -0.390. The molecule has 0 saturated carbocycles. The molecule has 16 nitrogen and oxygen atoms in total. The molecule has 43 heavy (non-hydrogen) atoms. The van der Waals surface area contributed by atoms with Crippen LogP contribution in [0.2, 0.25) is 0 Å². The van der Waals surface area contributed by atoms with Gasteiger partial charge >= 0.3 is 0 Å². The molecule has 0 amide bonds. The summed E-state index contributed by atoms with van der Waals surface area (Å²) in [6, 6.07) is 1.71. The first-order valence-electron chi connectivity index (χ1n) is 13.2. The van der Waals surface area contributed by atoms with Crippen LogP contribution in [-0.4, -0.2) is 89.3 Å². The number of alkyl halides is 2. The van der Waals surface area contributed by atoms with E-state index in [2.05, 4.69) is 39.3 Å². The Bertz CT molecular complexity index is 1640. The number of nitrogens with two attached hydrogens (primary N) is 2. The Hall–Kier alpha value is -2.95. The van der Waals surface area contributed by atoms with Crippen molar-refractivity contribution in [2.24, 2.45) is 5.92 Å². The number of ether oxygens (including phenoxy) is 2. The minimum atomic E-state index is -1.78. The Morgan fingerprint density at radius 3 is 2.70 bits per heavy atom. The van der Waals surface area contributed by atoms with E-state index in [9.17, 15) is 10.1 Å². The predicted octanol–water partition coefficient (Wildman–Crippen LogP) is 1.48. The molecule has 232 valence electrons. The molecule has 4 aromatic heterocycles. The van der Waals surface area contributed by atoms with Gasteiger partial charge < -0.3 is 34.6 Å². The van der Waals surface area contributed by atoms with E-state index in [4.69, 9.17) is 30.0 Å². The molecule has 0 aliphatic carbocycles. The molecule has 0 radical (unpaired) electrons. The quantitative estimate of drug-likeness (QED) is 0.0790. The number of nitrogen functional groups attached to an aromatic ring is 2. The molecule has 2 aliphatic heterocycles. The molecule has 4 aromatic rings. The lowest BCUT2D eigenvalue weighted by Gasteiger charge is -2.19. The fourth-order valence-electron chi connectivity index (χ4n) is 5.52. The Balaban J connectivity index is 1.06. The van der Waals surface area contributed by atoms with Crippen molar-refractivity contribution in [3.05, 3.63) is 35.3 Å². The number of nitrogens with one attached hydrogen (secondary N) is 1. The van der Waals surface area contributed by atoms with Gasteiger partial charge in [0, 0.05) is 30.4 Å². The number of aromatic nitrogens is 7. The van der Waals surface area contributed by atoms with Crippen LogP contribution < -0.4 is 17.0 Å². The van der Waals surface area contributed by atoms with Gasteiger partial charge in [-0.2, -0.15) is 4.98 Å². The van der Waals surface area contributed by atoms with Gasteiger partial charge in [-0.05, 0) is 18.6 Å². The number of H-pyrrole nitrogens is 1. The predicted molar refractivity (Wildman–Crippen MR) is 153 cm³/mol. The summed E-state index contributed by atoms with van der Waals surface area (Å²) in [5.41, 5.74) is 11.4. The number of aromatic amines is 1. The fraction of sp³-hybridized carbons (Fsp3) is 0.522. The summed E-state index contributed by atoms with van der Waals surface area (Å²) in [5, 5.41) is 10.0. The third kappa shape index (κ3) is 5.58. The first-order chi connectivity index (χ1) is 20.8. The molecule has 6 N–H and O–H groups in total. The summed E-state index contributed by atoms with van der Waals surface area (Å²) in [7, 11) is 2.03. The van der Waals surface area contributed by atoms with Gasteiger partial charge in [0.25, 0.3) is 5.56 Å². The van der Waals surface area contributed by atoms with E-state index in [1.807, 2.05) is 0 Å². The molecule has 6 heterocycles. The van der Waals surface area contributed by atoms with E-state index >= 15 is 8.78 Å². The van der Waals surface area contributed by atoms with Gasteiger partial charge in [-0.1, -0.05) is 0 Å². The van der Waals surface area contributed by atoms with Gasteiger partial charge in [0.05, 0.1) is 31.0 Å². The number of rotatable bonds is 11. The van der Waals surface area contributed by atoms with Crippen molar-refractivity contribution < 1.29 is 37.4 Å². The summed E-state index contributed by atoms with van der Waals surface area (Å²) < 4.78 is 56.6. The highest BCUT2D eigenvalue weighted by atomic mass is 31.1. The second kappa shape index (κ2) is 12.6. The molecule has 20 heteroatoms. The topological polar surface area (TPSA) is 213 Å². The molecular formula is C23H29F2N9O7P2. The van der Waals surface area contributed by atoms with E-state index in [1.165, 1.54) is 17.2 Å². The lowest BCUT2D eigenvalue weighted by atomic mass is 9.96. The average molecular weight is 643 g/mol. The summed E-state index contributed by atoms with van der Waals surface area (Å²) in [6.07, 6.45) is -3.32. The minimum absolute atomic E-state index is 0.0367. The van der Waals surface area contributed by atoms with Crippen LogP contribution in [0, 0.1) is 5.92 Å². The number of halogens is 2. The average Bonchev–Trinajstić information content (AvgIpc) is 3.74. The smallest absolute Gasteiger partial charge is 0.280 e. The van der Waals surface area contributed by atoms with Crippen molar-refractivity contribution in [2.75, 3.05) is 30.8 Å². The molecular weight excluding hydrogens is 614 g/mol. The zero-order valence-corrected chi connectivity index (χ0v) is 24.5. The number of anilines is 2. The van der Waals surface area contributed by atoms with Gasteiger partial charge in [0.2, 0.25) is 5.95 Å². The van der Waals surface area contributed by atoms with Crippen molar-refractivity contribution in [3.63, 3.8) is 0 Å². The van der Waals surface area contributed by atoms with Crippen LogP contribution in [0.4, 0.5) is 20.5 Å². The number of hydrogen-bond acceptors (Lipinski definition) is 13. The van der Waals surface area contributed by atoms with E-state index in [-0.39, 0.29) is 45.0 Å². The van der Waals surface area contributed by atoms with Gasteiger partial charge in [-0.25, -0.2) is 28.6 Å². The highest BCUT2D eigenvalue weighted by molar-refractivity contribution is 7.32. The minimum Gasteiger partial charge on any atom is -0.383 e. The number of hydrogen-bond donors (Lipinski definition) is 4. The van der Waals surface area contributed by atoms with Crippen LogP contribution in [0.3, 0.4) is 0 Å². The first-order valence-corrected chi connectivity index (χ1v) is 14.8. The lowest BCUT2D eigenvalue weighted by molar-refractivity contribution is -0.300. The van der Waals surface area contributed by atoms with Crippen LogP contribution in [-0.2, 0) is 23.4 Å². The highest BCUT2D eigenvalue weighted by Gasteiger charge is 2.49. The monoisotopic (exact) mass is 643 g/mol. The third-order valence-electron chi connectivity index (χ3n) is 7.59. The maximum atomic E-state index is 15.8. The van der Waals surface area contributed by atoms with Crippen LogP contribution in [0.15, 0.2) is 29.7 Å². The molecule has 0 aromatic carbocycles. The molecule has 0 spiro atoms. The summed E-state index contributed by atoms with van der Waals surface area (Å²) in [4.78, 5) is 35.0. The maximum Gasteiger partial charge on any atom is 0.280 e. The standard InChI is InChI=1S/C23H29F2N9O7P2/c24-13-9(11(5-37-42)39-21(13)33-3-1-10-17(26)28-7-29-18(10)33)2-4-43-38-6-12-14(25)16(41-36)22(40-12)34-8-30-15-19(34)31-23(27)32-20(15)35/h1,3,7-9,11-14,16,21-22,36,43H,2,4-6,42H2,(H2,26,28,29)(H3,27,31,32,35)/t9-,11-,12-,13+,14+,16-,21-,22-/m1/s1. The lowest BCUT2D eigenvalue weighted by Crippen LogP contribution is -2.31. The molecule has 2 aliphatic rings. The second-order valence-corrected chi connectivity index (χ2v) is 11.5. The number of fused-ring (bicyclic) bond motifs is 2. The number of imidazole rings is 1. The van der Waals surface area contributed by atoms with E-state index in [0.717, 1.165) is 0 Å². The second-order valence-electron chi connectivity index (χ2n) is 10.1. The van der Waals surface area contributed by atoms with E-state index in [1.54, 1.807) is 16.8 Å². The van der Waals surface area contributed by atoms with Crippen molar-refractivity contribution in [2.45, 2.75) is 49.5 Å². The van der Waals surface area contributed by atoms with Crippen molar-refractivity contribution in [3.8, 4) is 0 Å².